The molecule has 0 atom stereocenters. The molecule has 0 amide bonds. The first-order valence-corrected chi connectivity index (χ1v) is 6.52. The van der Waals surface area contributed by atoms with Gasteiger partial charge in [0.1, 0.15) is 4.60 Å². The Balaban J connectivity index is 0.000000171. The highest BCUT2D eigenvalue weighted by atomic mass is 79.9. The summed E-state index contributed by atoms with van der Waals surface area (Å²) in [7, 11) is 0. The minimum Gasteiger partial charge on any atom is -0.618 e. The molecule has 2 heterocycles. The van der Waals surface area contributed by atoms with Crippen LogP contribution in [0.1, 0.15) is 11.1 Å². The lowest BCUT2D eigenvalue weighted by Gasteiger charge is -1.98. The minimum absolute atomic E-state index is 0.588. The molecule has 0 N–H and O–H groups in total. The SMILES string of the molecule is Cc1ccc[n+]([O-])c1Br.Cc1cccnc1Br. The Labute approximate surface area is 117 Å². The molecule has 90 valence electrons. The molecular weight excluding hydrogens is 348 g/mol. The van der Waals surface area contributed by atoms with E-state index >= 15 is 0 Å². The van der Waals surface area contributed by atoms with Crippen LogP contribution >= 0.6 is 31.9 Å². The third-order valence-electron chi connectivity index (χ3n) is 2.03. The lowest BCUT2D eigenvalue weighted by molar-refractivity contribution is -0.617. The van der Waals surface area contributed by atoms with Gasteiger partial charge in [0.2, 0.25) is 0 Å². The van der Waals surface area contributed by atoms with Gasteiger partial charge >= 0.3 is 0 Å². The molecule has 0 fully saturated rings. The highest BCUT2D eigenvalue weighted by Crippen LogP contribution is 2.09. The van der Waals surface area contributed by atoms with Crippen molar-refractivity contribution in [2.45, 2.75) is 13.8 Å². The zero-order valence-electron chi connectivity index (χ0n) is 9.52. The molecule has 2 aromatic rings. The van der Waals surface area contributed by atoms with E-state index in [1.165, 1.54) is 11.8 Å². The average Bonchev–Trinajstić information content (AvgIpc) is 2.31. The summed E-state index contributed by atoms with van der Waals surface area (Å²) in [5, 5.41) is 10.7. The fourth-order valence-electron chi connectivity index (χ4n) is 1.04. The van der Waals surface area contributed by atoms with E-state index in [0.29, 0.717) is 4.60 Å². The quantitative estimate of drug-likeness (QED) is 0.410. The van der Waals surface area contributed by atoms with Crippen LogP contribution < -0.4 is 4.73 Å². The van der Waals surface area contributed by atoms with E-state index in [1.54, 1.807) is 12.3 Å². The van der Waals surface area contributed by atoms with Crippen molar-refractivity contribution in [2.24, 2.45) is 0 Å². The summed E-state index contributed by atoms with van der Waals surface area (Å²) in [6.07, 6.45) is 3.22. The smallest absolute Gasteiger partial charge is 0.262 e. The number of hydrogen-bond donors (Lipinski definition) is 0. The third-order valence-corrected chi connectivity index (χ3v) is 3.84. The number of aryl methyl sites for hydroxylation is 2. The third kappa shape index (κ3) is 4.44. The van der Waals surface area contributed by atoms with Gasteiger partial charge in [-0.1, -0.05) is 6.07 Å². The van der Waals surface area contributed by atoms with E-state index in [-0.39, 0.29) is 0 Å². The second kappa shape index (κ2) is 6.71. The van der Waals surface area contributed by atoms with E-state index in [4.69, 9.17) is 0 Å². The summed E-state index contributed by atoms with van der Waals surface area (Å²) in [6.45, 7) is 3.88. The molecule has 0 aliphatic heterocycles. The first-order valence-electron chi connectivity index (χ1n) is 4.93. The zero-order valence-corrected chi connectivity index (χ0v) is 12.7. The summed E-state index contributed by atoms with van der Waals surface area (Å²) in [5.74, 6) is 0. The van der Waals surface area contributed by atoms with Crippen molar-refractivity contribution in [1.29, 1.82) is 0 Å². The van der Waals surface area contributed by atoms with E-state index in [9.17, 15) is 5.21 Å². The Hall–Kier alpha value is -0.940. The Bertz CT molecular complexity index is 462. The van der Waals surface area contributed by atoms with Gasteiger partial charge in [0.25, 0.3) is 4.60 Å². The Morgan fingerprint density at radius 2 is 1.76 bits per heavy atom. The van der Waals surface area contributed by atoms with Crippen LogP contribution in [0.5, 0.6) is 0 Å². The number of halogens is 2. The van der Waals surface area contributed by atoms with Gasteiger partial charge in [-0.25, -0.2) is 4.98 Å². The largest absolute Gasteiger partial charge is 0.618 e. The van der Waals surface area contributed by atoms with Gasteiger partial charge in [-0.3, -0.25) is 0 Å². The van der Waals surface area contributed by atoms with Crippen LogP contribution in [0.25, 0.3) is 0 Å². The fourth-order valence-corrected chi connectivity index (χ4v) is 1.54. The molecule has 0 aliphatic carbocycles. The van der Waals surface area contributed by atoms with Crippen LogP contribution in [-0.2, 0) is 0 Å². The monoisotopic (exact) mass is 358 g/mol. The normalized spacial score (nSPS) is 9.41. The Morgan fingerprint density at radius 3 is 2.18 bits per heavy atom. The lowest BCUT2D eigenvalue weighted by atomic mass is 10.3. The van der Waals surface area contributed by atoms with Crippen LogP contribution in [0.4, 0.5) is 0 Å². The van der Waals surface area contributed by atoms with Gasteiger partial charge in [-0.2, -0.15) is 4.73 Å². The lowest BCUT2D eigenvalue weighted by Crippen LogP contribution is -2.27. The highest BCUT2D eigenvalue weighted by molar-refractivity contribution is 9.10. The van der Waals surface area contributed by atoms with Gasteiger partial charge in [0.15, 0.2) is 6.20 Å². The molecule has 2 rings (SSSR count). The number of hydrogen-bond acceptors (Lipinski definition) is 2. The van der Waals surface area contributed by atoms with Crippen molar-refractivity contribution in [3.8, 4) is 0 Å². The maximum atomic E-state index is 10.7. The number of nitrogens with zero attached hydrogens (tertiary/aromatic N) is 2. The van der Waals surface area contributed by atoms with Gasteiger partial charge in [-0.15, -0.1) is 0 Å². The molecule has 0 radical (unpaired) electrons. The summed E-state index contributed by atoms with van der Waals surface area (Å²) < 4.78 is 2.31. The summed E-state index contributed by atoms with van der Waals surface area (Å²) >= 11 is 6.41. The van der Waals surface area contributed by atoms with Crippen molar-refractivity contribution in [3.63, 3.8) is 0 Å². The van der Waals surface area contributed by atoms with E-state index in [1.807, 2.05) is 32.0 Å². The molecule has 0 bridgehead atoms. The van der Waals surface area contributed by atoms with E-state index in [0.717, 1.165) is 14.9 Å². The summed E-state index contributed by atoms with van der Waals surface area (Å²) in [4.78, 5) is 4.00. The molecule has 0 spiro atoms. The molecule has 17 heavy (non-hydrogen) atoms. The topological polar surface area (TPSA) is 39.8 Å². The number of pyridine rings is 2. The first kappa shape index (κ1) is 14.1. The van der Waals surface area contributed by atoms with Crippen molar-refractivity contribution < 1.29 is 4.73 Å². The summed E-state index contributed by atoms with van der Waals surface area (Å²) in [6, 6.07) is 7.52. The Kier molecular flexibility index (Phi) is 5.58. The molecular formula is C12H12Br2N2O. The van der Waals surface area contributed by atoms with Gasteiger partial charge in [-0.05, 0) is 47.5 Å². The molecule has 0 aromatic carbocycles. The molecule has 5 heteroatoms. The average molecular weight is 360 g/mol. The van der Waals surface area contributed by atoms with Crippen molar-refractivity contribution in [1.82, 2.24) is 4.98 Å². The molecule has 2 aromatic heterocycles. The molecule has 0 aliphatic rings. The molecule has 0 saturated heterocycles. The van der Waals surface area contributed by atoms with Crippen LogP contribution in [0, 0.1) is 19.1 Å². The molecule has 0 saturated carbocycles. The number of aromatic nitrogens is 2. The first-order chi connectivity index (χ1) is 8.02. The van der Waals surface area contributed by atoms with Gasteiger partial charge in [0.05, 0.1) is 0 Å². The maximum Gasteiger partial charge on any atom is 0.262 e. The van der Waals surface area contributed by atoms with E-state index < -0.39 is 0 Å². The van der Waals surface area contributed by atoms with Gasteiger partial charge in [0, 0.05) is 33.8 Å². The van der Waals surface area contributed by atoms with Gasteiger partial charge < -0.3 is 5.21 Å². The van der Waals surface area contributed by atoms with Crippen LogP contribution in [-0.4, -0.2) is 4.98 Å². The highest BCUT2D eigenvalue weighted by Gasteiger charge is 2.00. The van der Waals surface area contributed by atoms with E-state index in [2.05, 4.69) is 36.8 Å². The van der Waals surface area contributed by atoms with Crippen molar-refractivity contribution >= 4 is 31.9 Å². The fraction of sp³-hybridized carbons (Fsp3) is 0.167. The predicted octanol–water partition coefficient (Wildman–Crippen LogP) is 3.54. The maximum absolute atomic E-state index is 10.7. The zero-order chi connectivity index (χ0) is 12.8. The van der Waals surface area contributed by atoms with Crippen LogP contribution in [0.15, 0.2) is 45.9 Å². The van der Waals surface area contributed by atoms with Crippen molar-refractivity contribution in [2.75, 3.05) is 0 Å². The minimum atomic E-state index is 0.588. The van der Waals surface area contributed by atoms with Crippen LogP contribution in [0.3, 0.4) is 0 Å². The standard InChI is InChI=1S/C6H6BrNO.C6H6BrN/c1-5-3-2-4-8(9)6(5)7;1-5-3-2-4-8-6(5)7/h2-4H,1H3;2-4H,1H3. The molecule has 0 unspecified atom stereocenters. The second-order valence-electron chi connectivity index (χ2n) is 3.42. The summed E-state index contributed by atoms with van der Waals surface area (Å²) in [5.41, 5.74) is 2.12. The predicted molar refractivity (Wildman–Crippen MR) is 74.5 cm³/mol. The van der Waals surface area contributed by atoms with Crippen LogP contribution in [0.2, 0.25) is 0 Å². The molecule has 3 nitrogen and oxygen atoms in total. The number of rotatable bonds is 0. The van der Waals surface area contributed by atoms with Crippen molar-refractivity contribution in [3.05, 3.63) is 62.2 Å². The second-order valence-corrected chi connectivity index (χ2v) is 4.92. The Morgan fingerprint density at radius 1 is 1.12 bits per heavy atom.